The van der Waals surface area contributed by atoms with Crippen LogP contribution in [-0.4, -0.2) is 0 Å². The van der Waals surface area contributed by atoms with Crippen molar-refractivity contribution in [3.05, 3.63) is 64.7 Å². The first kappa shape index (κ1) is 14.8. The van der Waals surface area contributed by atoms with E-state index in [1.54, 1.807) is 0 Å². The Morgan fingerprint density at radius 1 is 1.00 bits per heavy atom. The van der Waals surface area contributed by atoms with Gasteiger partial charge in [-0.3, -0.25) is 0 Å². The van der Waals surface area contributed by atoms with Crippen LogP contribution in [0.3, 0.4) is 0 Å². The van der Waals surface area contributed by atoms with Crippen LogP contribution in [0, 0.1) is 0 Å². The van der Waals surface area contributed by atoms with Crippen LogP contribution in [0.5, 0.6) is 5.75 Å². The van der Waals surface area contributed by atoms with Crippen LogP contribution in [-0.2, 0) is 13.2 Å². The lowest BCUT2D eigenvalue weighted by Gasteiger charge is -2.07. The Hall–Kier alpha value is -1.22. The average molecular weight is 284 g/mol. The Balaban J connectivity index is 0.00000162. The van der Waals surface area contributed by atoms with Crippen LogP contribution in [0.15, 0.2) is 48.5 Å². The highest BCUT2D eigenvalue weighted by Gasteiger charge is 1.97. The fraction of sp³-hybridized carbons (Fsp3) is 0.143. The highest BCUT2D eigenvalue weighted by Crippen LogP contribution is 2.16. The second-order valence-corrected chi connectivity index (χ2v) is 4.20. The van der Waals surface area contributed by atoms with Gasteiger partial charge >= 0.3 is 0 Å². The molecule has 0 saturated heterocycles. The van der Waals surface area contributed by atoms with E-state index < -0.39 is 0 Å². The predicted octanol–water partition coefficient (Wildman–Crippen LogP) is 3.80. The van der Waals surface area contributed by atoms with Gasteiger partial charge in [-0.25, -0.2) is 0 Å². The highest BCUT2D eigenvalue weighted by molar-refractivity contribution is 6.30. The molecule has 0 saturated carbocycles. The number of ether oxygens (including phenoxy) is 1. The zero-order valence-electron chi connectivity index (χ0n) is 9.80. The van der Waals surface area contributed by atoms with Gasteiger partial charge in [0.2, 0.25) is 0 Å². The molecule has 2 rings (SSSR count). The largest absolute Gasteiger partial charge is 0.489 e. The van der Waals surface area contributed by atoms with E-state index in [1.165, 1.54) is 0 Å². The highest BCUT2D eigenvalue weighted by atomic mass is 35.5. The molecular weight excluding hydrogens is 269 g/mol. The quantitative estimate of drug-likeness (QED) is 0.926. The van der Waals surface area contributed by atoms with E-state index in [0.29, 0.717) is 13.2 Å². The summed E-state index contributed by atoms with van der Waals surface area (Å²) in [4.78, 5) is 0. The first-order valence-corrected chi connectivity index (χ1v) is 5.82. The molecule has 2 N–H and O–H groups in total. The zero-order chi connectivity index (χ0) is 12.1. The minimum Gasteiger partial charge on any atom is -0.489 e. The Bertz CT molecular complexity index is 485. The number of hydrogen-bond donors (Lipinski definition) is 1. The molecule has 0 fully saturated rings. The molecule has 0 atom stereocenters. The molecule has 0 aliphatic heterocycles. The van der Waals surface area contributed by atoms with Crippen molar-refractivity contribution in [3.8, 4) is 5.75 Å². The van der Waals surface area contributed by atoms with Gasteiger partial charge < -0.3 is 10.5 Å². The summed E-state index contributed by atoms with van der Waals surface area (Å²) >= 11 is 5.90. The lowest BCUT2D eigenvalue weighted by Crippen LogP contribution is -1.97. The van der Waals surface area contributed by atoms with Gasteiger partial charge in [-0.1, -0.05) is 35.9 Å². The van der Waals surface area contributed by atoms with Gasteiger partial charge in [0.05, 0.1) is 0 Å². The lowest BCUT2D eigenvalue weighted by molar-refractivity contribution is 0.306. The van der Waals surface area contributed by atoms with Gasteiger partial charge in [0.15, 0.2) is 0 Å². The Labute approximate surface area is 118 Å². The van der Waals surface area contributed by atoms with Crippen molar-refractivity contribution >= 4 is 24.0 Å². The van der Waals surface area contributed by atoms with Crippen molar-refractivity contribution in [2.24, 2.45) is 5.73 Å². The third-order valence-electron chi connectivity index (χ3n) is 2.45. The SMILES string of the molecule is Cl.NCc1ccc(OCc2cccc(Cl)c2)cc1. The Morgan fingerprint density at radius 2 is 1.72 bits per heavy atom. The van der Waals surface area contributed by atoms with E-state index >= 15 is 0 Å². The third kappa shape index (κ3) is 4.22. The molecule has 96 valence electrons. The van der Waals surface area contributed by atoms with E-state index in [2.05, 4.69) is 0 Å². The average Bonchev–Trinajstić information content (AvgIpc) is 2.37. The van der Waals surface area contributed by atoms with Gasteiger partial charge in [0.25, 0.3) is 0 Å². The van der Waals surface area contributed by atoms with Crippen molar-refractivity contribution in [1.29, 1.82) is 0 Å². The molecule has 18 heavy (non-hydrogen) atoms. The number of benzene rings is 2. The molecular formula is C14H15Cl2NO. The van der Waals surface area contributed by atoms with E-state index in [1.807, 2.05) is 48.5 Å². The molecule has 0 spiro atoms. The third-order valence-corrected chi connectivity index (χ3v) is 2.69. The fourth-order valence-corrected chi connectivity index (χ4v) is 1.73. The van der Waals surface area contributed by atoms with Crippen LogP contribution in [0.1, 0.15) is 11.1 Å². The molecule has 0 bridgehead atoms. The molecule has 0 unspecified atom stereocenters. The van der Waals surface area contributed by atoms with Crippen molar-refractivity contribution in [1.82, 2.24) is 0 Å². The molecule has 0 amide bonds. The second kappa shape index (κ2) is 7.27. The maximum Gasteiger partial charge on any atom is 0.119 e. The lowest BCUT2D eigenvalue weighted by atomic mass is 10.2. The van der Waals surface area contributed by atoms with Crippen LogP contribution in [0.4, 0.5) is 0 Å². The summed E-state index contributed by atoms with van der Waals surface area (Å²) in [5.74, 6) is 0.835. The summed E-state index contributed by atoms with van der Waals surface area (Å²) in [7, 11) is 0. The minimum absolute atomic E-state index is 0. The predicted molar refractivity (Wildman–Crippen MR) is 77.4 cm³/mol. The molecule has 0 heterocycles. The first-order chi connectivity index (χ1) is 8.28. The van der Waals surface area contributed by atoms with Crippen LogP contribution in [0.25, 0.3) is 0 Å². The van der Waals surface area contributed by atoms with Gasteiger partial charge in [-0.05, 0) is 35.4 Å². The summed E-state index contributed by atoms with van der Waals surface area (Å²) in [6, 6.07) is 15.4. The number of halogens is 2. The topological polar surface area (TPSA) is 35.2 Å². The number of nitrogens with two attached hydrogens (primary N) is 1. The molecule has 0 radical (unpaired) electrons. The summed E-state index contributed by atoms with van der Waals surface area (Å²) < 4.78 is 5.65. The molecule has 0 aliphatic rings. The maximum atomic E-state index is 5.90. The van der Waals surface area contributed by atoms with Crippen molar-refractivity contribution in [2.45, 2.75) is 13.2 Å². The van der Waals surface area contributed by atoms with Crippen LogP contribution < -0.4 is 10.5 Å². The van der Waals surface area contributed by atoms with E-state index in [0.717, 1.165) is 21.9 Å². The summed E-state index contributed by atoms with van der Waals surface area (Å²) in [6.07, 6.45) is 0. The van der Waals surface area contributed by atoms with Gasteiger partial charge in [0.1, 0.15) is 12.4 Å². The van der Waals surface area contributed by atoms with Crippen LogP contribution >= 0.6 is 24.0 Å². The fourth-order valence-electron chi connectivity index (χ4n) is 1.52. The first-order valence-electron chi connectivity index (χ1n) is 5.44. The van der Waals surface area contributed by atoms with E-state index in [-0.39, 0.29) is 12.4 Å². The van der Waals surface area contributed by atoms with Crippen molar-refractivity contribution in [3.63, 3.8) is 0 Å². The Kier molecular flexibility index (Phi) is 5.99. The molecule has 0 aromatic heterocycles. The molecule has 4 heteroatoms. The monoisotopic (exact) mass is 283 g/mol. The van der Waals surface area contributed by atoms with Crippen molar-refractivity contribution in [2.75, 3.05) is 0 Å². The Morgan fingerprint density at radius 3 is 2.33 bits per heavy atom. The standard InChI is InChI=1S/C14H14ClNO.ClH/c15-13-3-1-2-12(8-13)10-17-14-6-4-11(9-16)5-7-14;/h1-8H,9-10,16H2;1H. The normalized spacial score (nSPS) is 9.67. The smallest absolute Gasteiger partial charge is 0.119 e. The molecule has 2 aromatic rings. The summed E-state index contributed by atoms with van der Waals surface area (Å²) in [5.41, 5.74) is 7.68. The van der Waals surface area contributed by atoms with Crippen LogP contribution in [0.2, 0.25) is 5.02 Å². The summed E-state index contributed by atoms with van der Waals surface area (Å²) in [6.45, 7) is 1.07. The molecule has 2 nitrogen and oxygen atoms in total. The number of hydrogen-bond acceptors (Lipinski definition) is 2. The summed E-state index contributed by atoms with van der Waals surface area (Å²) in [5, 5.41) is 0.726. The second-order valence-electron chi connectivity index (χ2n) is 3.77. The van der Waals surface area contributed by atoms with Gasteiger partial charge in [-0.2, -0.15) is 0 Å². The van der Waals surface area contributed by atoms with Crippen molar-refractivity contribution < 1.29 is 4.74 Å². The number of rotatable bonds is 4. The molecule has 2 aromatic carbocycles. The zero-order valence-corrected chi connectivity index (χ0v) is 11.4. The minimum atomic E-state index is 0. The molecule has 0 aliphatic carbocycles. The van der Waals surface area contributed by atoms with E-state index in [4.69, 9.17) is 22.1 Å². The van der Waals surface area contributed by atoms with Gasteiger partial charge in [-0.15, -0.1) is 12.4 Å². The van der Waals surface area contributed by atoms with E-state index in [9.17, 15) is 0 Å². The van der Waals surface area contributed by atoms with Gasteiger partial charge in [0, 0.05) is 11.6 Å². The maximum absolute atomic E-state index is 5.90.